The van der Waals surface area contributed by atoms with Gasteiger partial charge in [0.2, 0.25) is 0 Å². The standard InChI is InChI=1S/C14H26N2O4/c1-6-9(2)11(12(17)18)15-13(19)16-7-10(3)20-14(4,5)8-16/h9-11H,6-8H2,1-5H3,(H,15,19)(H,17,18). The summed E-state index contributed by atoms with van der Waals surface area (Å²) in [6.07, 6.45) is 0.638. The van der Waals surface area contributed by atoms with E-state index >= 15 is 0 Å². The van der Waals surface area contributed by atoms with Crippen molar-refractivity contribution in [2.75, 3.05) is 13.1 Å². The van der Waals surface area contributed by atoms with Crippen LogP contribution in [0.4, 0.5) is 4.79 Å². The van der Waals surface area contributed by atoms with Crippen LogP contribution >= 0.6 is 0 Å². The highest BCUT2D eigenvalue weighted by Crippen LogP contribution is 2.21. The number of carboxylic acid groups (broad SMARTS) is 1. The zero-order chi connectivity index (χ0) is 15.5. The molecule has 1 saturated heterocycles. The van der Waals surface area contributed by atoms with Gasteiger partial charge >= 0.3 is 12.0 Å². The molecule has 1 heterocycles. The lowest BCUT2D eigenvalue weighted by Crippen LogP contribution is -2.58. The van der Waals surface area contributed by atoms with E-state index < -0.39 is 17.6 Å². The molecule has 0 aromatic rings. The Hall–Kier alpha value is -1.30. The van der Waals surface area contributed by atoms with Crippen LogP contribution in [0.25, 0.3) is 0 Å². The molecule has 0 saturated carbocycles. The van der Waals surface area contributed by atoms with Crippen molar-refractivity contribution in [1.82, 2.24) is 10.2 Å². The van der Waals surface area contributed by atoms with Gasteiger partial charge in [0.25, 0.3) is 0 Å². The highest BCUT2D eigenvalue weighted by Gasteiger charge is 2.35. The van der Waals surface area contributed by atoms with Gasteiger partial charge in [0.05, 0.1) is 18.2 Å². The molecule has 20 heavy (non-hydrogen) atoms. The summed E-state index contributed by atoms with van der Waals surface area (Å²) in [5.41, 5.74) is -0.413. The van der Waals surface area contributed by atoms with Gasteiger partial charge in [-0.1, -0.05) is 20.3 Å². The number of nitrogens with zero attached hydrogens (tertiary/aromatic N) is 1. The number of carbonyl (C=O) groups excluding carboxylic acids is 1. The normalized spacial score (nSPS) is 24.9. The van der Waals surface area contributed by atoms with E-state index in [1.165, 1.54) is 0 Å². The fourth-order valence-corrected chi connectivity index (χ4v) is 2.52. The Balaban J connectivity index is 2.71. The van der Waals surface area contributed by atoms with Crippen LogP contribution in [0.15, 0.2) is 0 Å². The van der Waals surface area contributed by atoms with Gasteiger partial charge in [0.15, 0.2) is 0 Å². The molecule has 1 rings (SSSR count). The first kappa shape index (κ1) is 16.8. The molecule has 3 unspecified atom stereocenters. The van der Waals surface area contributed by atoms with Gasteiger partial charge in [0.1, 0.15) is 6.04 Å². The van der Waals surface area contributed by atoms with Gasteiger partial charge in [0, 0.05) is 6.54 Å². The van der Waals surface area contributed by atoms with Crippen LogP contribution in [0.5, 0.6) is 0 Å². The van der Waals surface area contributed by atoms with Crippen molar-refractivity contribution < 1.29 is 19.4 Å². The monoisotopic (exact) mass is 286 g/mol. The van der Waals surface area contributed by atoms with E-state index in [1.807, 2.05) is 34.6 Å². The summed E-state index contributed by atoms with van der Waals surface area (Å²) in [4.78, 5) is 25.1. The van der Waals surface area contributed by atoms with Crippen LogP contribution in [0.2, 0.25) is 0 Å². The molecule has 0 spiro atoms. The van der Waals surface area contributed by atoms with Gasteiger partial charge in [-0.25, -0.2) is 9.59 Å². The molecule has 6 nitrogen and oxygen atoms in total. The highest BCUT2D eigenvalue weighted by molar-refractivity contribution is 5.82. The second kappa shape index (κ2) is 6.43. The van der Waals surface area contributed by atoms with Gasteiger partial charge in [-0.3, -0.25) is 0 Å². The zero-order valence-electron chi connectivity index (χ0n) is 13.0. The second-order valence-corrected chi connectivity index (χ2v) is 6.22. The number of hydrogen-bond acceptors (Lipinski definition) is 3. The third kappa shape index (κ3) is 4.37. The highest BCUT2D eigenvalue weighted by atomic mass is 16.5. The molecule has 2 N–H and O–H groups in total. The number of carbonyl (C=O) groups is 2. The number of ether oxygens (including phenoxy) is 1. The average Bonchev–Trinajstić information content (AvgIpc) is 2.31. The van der Waals surface area contributed by atoms with E-state index in [4.69, 9.17) is 4.74 Å². The van der Waals surface area contributed by atoms with Gasteiger partial charge in [-0.15, -0.1) is 0 Å². The SMILES string of the molecule is CCC(C)C(NC(=O)N1CC(C)OC(C)(C)C1)C(=O)O. The van der Waals surface area contributed by atoms with Crippen molar-refractivity contribution in [3.63, 3.8) is 0 Å². The van der Waals surface area contributed by atoms with Crippen molar-refractivity contribution in [2.24, 2.45) is 5.92 Å². The Morgan fingerprint density at radius 1 is 1.50 bits per heavy atom. The molecule has 1 aliphatic rings. The van der Waals surface area contributed by atoms with Crippen LogP contribution < -0.4 is 5.32 Å². The minimum atomic E-state index is -0.992. The van der Waals surface area contributed by atoms with Crippen molar-refractivity contribution in [1.29, 1.82) is 0 Å². The van der Waals surface area contributed by atoms with Gasteiger partial charge < -0.3 is 20.1 Å². The van der Waals surface area contributed by atoms with E-state index in [0.29, 0.717) is 19.5 Å². The maximum Gasteiger partial charge on any atom is 0.326 e. The third-order valence-corrected chi connectivity index (χ3v) is 3.61. The number of rotatable bonds is 4. The summed E-state index contributed by atoms with van der Waals surface area (Å²) in [5.74, 6) is -1.10. The Morgan fingerprint density at radius 2 is 2.10 bits per heavy atom. The zero-order valence-corrected chi connectivity index (χ0v) is 13.0. The number of carboxylic acids is 1. The average molecular weight is 286 g/mol. The number of urea groups is 1. The van der Waals surface area contributed by atoms with Crippen molar-refractivity contribution >= 4 is 12.0 Å². The second-order valence-electron chi connectivity index (χ2n) is 6.22. The molecule has 116 valence electrons. The molecule has 6 heteroatoms. The van der Waals surface area contributed by atoms with Gasteiger partial charge in [-0.2, -0.15) is 0 Å². The van der Waals surface area contributed by atoms with Gasteiger partial charge in [-0.05, 0) is 26.7 Å². The quantitative estimate of drug-likeness (QED) is 0.824. The Kier molecular flexibility index (Phi) is 5.39. The molecule has 0 radical (unpaired) electrons. The van der Waals surface area contributed by atoms with Crippen LogP contribution in [-0.4, -0.2) is 52.8 Å². The summed E-state index contributed by atoms with van der Waals surface area (Å²) in [6, 6.07) is -1.19. The van der Waals surface area contributed by atoms with E-state index in [9.17, 15) is 14.7 Å². The number of morpholine rings is 1. The molecule has 0 aromatic carbocycles. The minimum Gasteiger partial charge on any atom is -0.480 e. The lowest BCUT2D eigenvalue weighted by atomic mass is 9.99. The molecular weight excluding hydrogens is 260 g/mol. The Bertz CT molecular complexity index is 370. The maximum absolute atomic E-state index is 12.3. The third-order valence-electron chi connectivity index (χ3n) is 3.61. The molecule has 0 aromatic heterocycles. The lowest BCUT2D eigenvalue weighted by molar-refractivity contribution is -0.140. The van der Waals surface area contributed by atoms with Crippen LogP contribution in [0.1, 0.15) is 41.0 Å². The Labute approximate surface area is 120 Å². The van der Waals surface area contributed by atoms with E-state index in [2.05, 4.69) is 5.32 Å². The number of amides is 2. The lowest BCUT2D eigenvalue weighted by Gasteiger charge is -2.42. The number of aliphatic carboxylic acids is 1. The van der Waals surface area contributed by atoms with Crippen molar-refractivity contribution in [3.05, 3.63) is 0 Å². The molecule has 1 aliphatic heterocycles. The largest absolute Gasteiger partial charge is 0.480 e. The predicted molar refractivity (Wildman–Crippen MR) is 75.6 cm³/mol. The molecule has 2 amide bonds. The first-order valence-corrected chi connectivity index (χ1v) is 7.12. The van der Waals surface area contributed by atoms with Crippen molar-refractivity contribution in [3.8, 4) is 0 Å². The van der Waals surface area contributed by atoms with Crippen LogP contribution in [-0.2, 0) is 9.53 Å². The number of nitrogens with one attached hydrogen (secondary N) is 1. The summed E-state index contributed by atoms with van der Waals surface area (Å²) >= 11 is 0. The van der Waals surface area contributed by atoms with E-state index in [1.54, 1.807) is 4.90 Å². The summed E-state index contributed by atoms with van der Waals surface area (Å²) in [7, 11) is 0. The maximum atomic E-state index is 12.3. The van der Waals surface area contributed by atoms with Crippen LogP contribution in [0.3, 0.4) is 0 Å². The van der Waals surface area contributed by atoms with E-state index in [-0.39, 0.29) is 18.1 Å². The first-order chi connectivity index (χ1) is 9.16. The smallest absolute Gasteiger partial charge is 0.326 e. The fourth-order valence-electron chi connectivity index (χ4n) is 2.52. The Morgan fingerprint density at radius 3 is 2.55 bits per heavy atom. The molecule has 1 fully saturated rings. The van der Waals surface area contributed by atoms with Crippen molar-refractivity contribution in [2.45, 2.75) is 58.8 Å². The molecule has 0 aliphatic carbocycles. The van der Waals surface area contributed by atoms with E-state index in [0.717, 1.165) is 0 Å². The minimum absolute atomic E-state index is 0.0589. The molecule has 3 atom stereocenters. The molecular formula is C14H26N2O4. The predicted octanol–water partition coefficient (Wildman–Crippen LogP) is 1.69. The summed E-state index contributed by atoms with van der Waals surface area (Å²) in [6.45, 7) is 10.4. The number of hydrogen-bond donors (Lipinski definition) is 2. The summed E-state index contributed by atoms with van der Waals surface area (Å²) in [5, 5.41) is 11.8. The fraction of sp³-hybridized carbons (Fsp3) is 0.857. The van der Waals surface area contributed by atoms with Crippen LogP contribution in [0, 0.1) is 5.92 Å². The molecule has 0 bridgehead atoms. The first-order valence-electron chi connectivity index (χ1n) is 7.12. The summed E-state index contributed by atoms with van der Waals surface area (Å²) < 4.78 is 5.74. The topological polar surface area (TPSA) is 78.9 Å².